The molecule has 2 aliphatic rings. The lowest BCUT2D eigenvalue weighted by atomic mass is 10.0. The predicted octanol–water partition coefficient (Wildman–Crippen LogP) is 0.514. The molecule has 3 heterocycles. The van der Waals surface area contributed by atoms with Crippen LogP contribution >= 0.6 is 0 Å². The van der Waals surface area contributed by atoms with Gasteiger partial charge < -0.3 is 9.80 Å². The van der Waals surface area contributed by atoms with Crippen molar-refractivity contribution in [1.29, 1.82) is 0 Å². The summed E-state index contributed by atoms with van der Waals surface area (Å²) in [4.78, 5) is 19.8. The van der Waals surface area contributed by atoms with Crippen molar-refractivity contribution < 1.29 is 4.79 Å². The van der Waals surface area contributed by atoms with Gasteiger partial charge in [-0.3, -0.25) is 9.69 Å². The van der Waals surface area contributed by atoms with Gasteiger partial charge in [-0.1, -0.05) is 6.07 Å². The number of nitrogens with zero attached hydrogens (tertiary/aromatic N) is 7. The minimum absolute atomic E-state index is 0.0836. The zero-order valence-electron chi connectivity index (χ0n) is 15.2. The van der Waals surface area contributed by atoms with Crippen molar-refractivity contribution in [2.24, 2.45) is 0 Å². The zero-order chi connectivity index (χ0) is 17.9. The molecule has 1 aromatic carbocycles. The highest BCUT2D eigenvalue weighted by Gasteiger charge is 2.28. The van der Waals surface area contributed by atoms with Crippen LogP contribution in [0.4, 0.5) is 0 Å². The number of hydrogen-bond donors (Lipinski definition) is 0. The Morgan fingerprint density at radius 3 is 2.73 bits per heavy atom. The van der Waals surface area contributed by atoms with E-state index >= 15 is 0 Å². The summed E-state index contributed by atoms with van der Waals surface area (Å²) < 4.78 is 1.56. The van der Waals surface area contributed by atoms with E-state index in [1.807, 2.05) is 29.2 Å². The Balaban J connectivity index is 1.38. The first-order chi connectivity index (χ1) is 12.7. The number of tetrazole rings is 1. The number of benzene rings is 1. The van der Waals surface area contributed by atoms with Crippen molar-refractivity contribution in [2.45, 2.75) is 18.9 Å². The van der Waals surface area contributed by atoms with Gasteiger partial charge in [0, 0.05) is 44.3 Å². The van der Waals surface area contributed by atoms with E-state index in [2.05, 4.69) is 32.4 Å². The maximum atomic E-state index is 12.9. The number of carbonyl (C=O) groups is 1. The van der Waals surface area contributed by atoms with Gasteiger partial charge in [0.05, 0.1) is 5.69 Å². The molecular weight excluding hydrogens is 330 g/mol. The van der Waals surface area contributed by atoms with E-state index in [9.17, 15) is 4.79 Å². The molecule has 0 radical (unpaired) electrons. The van der Waals surface area contributed by atoms with E-state index in [-0.39, 0.29) is 5.91 Å². The number of hydrogen-bond acceptors (Lipinski definition) is 6. The molecule has 2 saturated heterocycles. The summed E-state index contributed by atoms with van der Waals surface area (Å²) >= 11 is 0. The van der Waals surface area contributed by atoms with Crippen LogP contribution in [0.15, 0.2) is 30.6 Å². The van der Waals surface area contributed by atoms with Crippen LogP contribution in [0.5, 0.6) is 0 Å². The molecule has 4 rings (SSSR count). The third-order valence-electron chi connectivity index (χ3n) is 5.42. The Bertz CT molecular complexity index is 740. The first kappa shape index (κ1) is 17.1. The lowest BCUT2D eigenvalue weighted by Crippen LogP contribution is -2.55. The van der Waals surface area contributed by atoms with Gasteiger partial charge in [0.2, 0.25) is 0 Å². The van der Waals surface area contributed by atoms with E-state index in [4.69, 9.17) is 0 Å². The third kappa shape index (κ3) is 3.61. The Hall–Kier alpha value is -2.32. The molecule has 2 aromatic rings. The van der Waals surface area contributed by atoms with Crippen molar-refractivity contribution in [2.75, 3.05) is 46.3 Å². The molecule has 138 valence electrons. The van der Waals surface area contributed by atoms with Crippen LogP contribution in [0.1, 0.15) is 23.2 Å². The number of likely N-dealkylation sites (tertiary alicyclic amines) is 1. The van der Waals surface area contributed by atoms with E-state index in [1.165, 1.54) is 25.7 Å². The van der Waals surface area contributed by atoms with Crippen molar-refractivity contribution in [1.82, 2.24) is 34.9 Å². The van der Waals surface area contributed by atoms with Crippen molar-refractivity contribution in [3.8, 4) is 5.69 Å². The van der Waals surface area contributed by atoms with Crippen LogP contribution in [-0.4, -0.2) is 93.2 Å². The van der Waals surface area contributed by atoms with Gasteiger partial charge >= 0.3 is 0 Å². The molecule has 8 nitrogen and oxygen atoms in total. The largest absolute Gasteiger partial charge is 0.336 e. The fourth-order valence-corrected chi connectivity index (χ4v) is 3.97. The Morgan fingerprint density at radius 1 is 1.15 bits per heavy atom. The summed E-state index contributed by atoms with van der Waals surface area (Å²) in [6.07, 6.45) is 4.07. The quantitative estimate of drug-likeness (QED) is 0.799. The molecule has 2 aliphatic heterocycles. The summed E-state index contributed by atoms with van der Waals surface area (Å²) in [6.45, 7) is 5.82. The van der Waals surface area contributed by atoms with Gasteiger partial charge in [0.25, 0.3) is 5.91 Å². The molecular formula is C18H25N7O. The molecule has 1 atom stereocenters. The van der Waals surface area contributed by atoms with Crippen LogP contribution in [0.3, 0.4) is 0 Å². The highest BCUT2D eigenvalue weighted by molar-refractivity contribution is 5.94. The van der Waals surface area contributed by atoms with Gasteiger partial charge in [0.1, 0.15) is 6.33 Å². The molecule has 1 amide bonds. The minimum atomic E-state index is 0.0836. The number of aromatic nitrogens is 4. The molecule has 0 spiro atoms. The molecule has 0 saturated carbocycles. The zero-order valence-corrected chi connectivity index (χ0v) is 15.2. The average molecular weight is 355 g/mol. The molecule has 1 unspecified atom stereocenters. The predicted molar refractivity (Wildman–Crippen MR) is 97.1 cm³/mol. The second-order valence-electron chi connectivity index (χ2n) is 7.19. The van der Waals surface area contributed by atoms with Crippen molar-refractivity contribution >= 4 is 5.91 Å². The molecule has 0 bridgehead atoms. The van der Waals surface area contributed by atoms with Crippen LogP contribution < -0.4 is 0 Å². The summed E-state index contributed by atoms with van der Waals surface area (Å²) in [5.41, 5.74) is 1.48. The fraction of sp³-hybridized carbons (Fsp3) is 0.556. The van der Waals surface area contributed by atoms with Gasteiger partial charge in [-0.25, -0.2) is 4.68 Å². The lowest BCUT2D eigenvalue weighted by molar-refractivity contribution is 0.0452. The number of rotatable bonds is 3. The van der Waals surface area contributed by atoms with Crippen LogP contribution in [0.25, 0.3) is 5.69 Å². The topological polar surface area (TPSA) is 70.4 Å². The molecule has 0 N–H and O–H groups in total. The number of likely N-dealkylation sites (N-methyl/N-ethyl adjacent to an activating group) is 1. The van der Waals surface area contributed by atoms with Gasteiger partial charge in [0.15, 0.2) is 0 Å². The summed E-state index contributed by atoms with van der Waals surface area (Å²) in [6, 6.07) is 8.11. The molecule has 1 aromatic heterocycles. The third-order valence-corrected chi connectivity index (χ3v) is 5.42. The number of piperidine rings is 1. The Morgan fingerprint density at radius 2 is 2.00 bits per heavy atom. The lowest BCUT2D eigenvalue weighted by Gasteiger charge is -2.42. The van der Waals surface area contributed by atoms with E-state index in [0.717, 1.165) is 38.4 Å². The second-order valence-corrected chi connectivity index (χ2v) is 7.19. The van der Waals surface area contributed by atoms with Gasteiger partial charge in [-0.05, 0) is 55.1 Å². The van der Waals surface area contributed by atoms with Crippen molar-refractivity contribution in [3.05, 3.63) is 36.2 Å². The highest BCUT2D eigenvalue weighted by atomic mass is 16.2. The van der Waals surface area contributed by atoms with Gasteiger partial charge in [-0.2, -0.15) is 0 Å². The Kier molecular flexibility index (Phi) is 4.94. The maximum absolute atomic E-state index is 12.9. The average Bonchev–Trinajstić information content (AvgIpc) is 3.23. The monoisotopic (exact) mass is 355 g/mol. The molecule has 26 heavy (non-hydrogen) atoms. The normalized spacial score (nSPS) is 22.5. The molecule has 2 fully saturated rings. The summed E-state index contributed by atoms with van der Waals surface area (Å²) in [5.74, 6) is 0.0836. The van der Waals surface area contributed by atoms with Gasteiger partial charge in [-0.15, -0.1) is 5.10 Å². The molecule has 0 aliphatic carbocycles. The van der Waals surface area contributed by atoms with Crippen molar-refractivity contribution in [3.63, 3.8) is 0 Å². The van der Waals surface area contributed by atoms with E-state index in [0.29, 0.717) is 11.6 Å². The van der Waals surface area contributed by atoms with Crippen LogP contribution in [-0.2, 0) is 0 Å². The number of carbonyl (C=O) groups excluding carboxylic acids is 1. The summed E-state index contributed by atoms with van der Waals surface area (Å²) in [5, 5.41) is 11.2. The van der Waals surface area contributed by atoms with E-state index < -0.39 is 0 Å². The maximum Gasteiger partial charge on any atom is 0.254 e. The summed E-state index contributed by atoms with van der Waals surface area (Å²) in [7, 11) is 2.20. The smallest absolute Gasteiger partial charge is 0.254 e. The Labute approximate surface area is 153 Å². The number of piperazine rings is 1. The highest BCUT2D eigenvalue weighted by Crippen LogP contribution is 2.18. The standard InChI is InChI=1S/C18H25N7O/c1-22-7-3-6-17(13-22)23-8-10-24(11-9-23)18(26)15-4-2-5-16(12-15)25-14-19-20-21-25/h2,4-5,12,14,17H,3,6-11,13H2,1H3. The fourth-order valence-electron chi connectivity index (χ4n) is 3.97. The SMILES string of the molecule is CN1CCCC(N2CCN(C(=O)c3cccc(-n4cnnn4)c3)CC2)C1. The second kappa shape index (κ2) is 7.51. The molecule has 8 heteroatoms. The van der Waals surface area contributed by atoms with Crippen LogP contribution in [0, 0.1) is 0 Å². The van der Waals surface area contributed by atoms with Crippen LogP contribution in [0.2, 0.25) is 0 Å². The van der Waals surface area contributed by atoms with E-state index in [1.54, 1.807) is 4.68 Å². The first-order valence-corrected chi connectivity index (χ1v) is 9.26. The minimum Gasteiger partial charge on any atom is -0.336 e. The first-order valence-electron chi connectivity index (χ1n) is 9.26. The number of amides is 1.